The van der Waals surface area contributed by atoms with Crippen LogP contribution in [0.25, 0.3) is 23.0 Å². The molecule has 0 atom stereocenters. The highest BCUT2D eigenvalue weighted by Crippen LogP contribution is 2.22. The molecule has 0 radical (unpaired) electrons. The van der Waals surface area contributed by atoms with Crippen molar-refractivity contribution in [3.8, 4) is 23.0 Å². The summed E-state index contributed by atoms with van der Waals surface area (Å²) in [7, 11) is 0. The second-order valence-corrected chi connectivity index (χ2v) is 14.5. The molecule has 3 aromatic rings. The van der Waals surface area contributed by atoms with Gasteiger partial charge in [0.25, 0.3) is 0 Å². The molecule has 3 rings (SSSR count). The van der Waals surface area contributed by atoms with E-state index in [9.17, 15) is 0 Å². The Morgan fingerprint density at radius 3 is 0.960 bits per heavy atom. The lowest BCUT2D eigenvalue weighted by atomic mass is 10.0. The zero-order chi connectivity index (χ0) is 35.5. The Hall–Kier alpha value is -2.83. The van der Waals surface area contributed by atoms with Crippen LogP contribution < -0.4 is 0 Å². The molecule has 0 aliphatic heterocycles. The monoisotopic (exact) mass is 686 g/mol. The average Bonchev–Trinajstić information content (AvgIpc) is 3.14. The van der Waals surface area contributed by atoms with E-state index in [0.717, 1.165) is 85.5 Å². The van der Waals surface area contributed by atoms with Gasteiger partial charge in [-0.1, -0.05) is 162 Å². The molecular weight excluding hydrogens is 615 g/mol. The van der Waals surface area contributed by atoms with E-state index in [1.165, 1.54) is 128 Å². The van der Waals surface area contributed by atoms with Gasteiger partial charge in [0.2, 0.25) is 11.6 Å². The van der Waals surface area contributed by atoms with Crippen LogP contribution in [-0.4, -0.2) is 35.3 Å². The van der Waals surface area contributed by atoms with Gasteiger partial charge in [-0.25, -0.2) is 15.0 Å². The van der Waals surface area contributed by atoms with Crippen molar-refractivity contribution in [3.63, 3.8) is 0 Å². The van der Waals surface area contributed by atoms with Crippen molar-refractivity contribution in [2.45, 2.75) is 207 Å². The lowest BCUT2D eigenvalue weighted by molar-refractivity contribution is 0.588. The molecule has 3 aromatic heterocycles. The molecule has 0 saturated heterocycles. The van der Waals surface area contributed by atoms with Crippen LogP contribution in [0.2, 0.25) is 0 Å². The number of unbranched alkanes of at least 4 members (excludes halogenated alkanes) is 20. The summed E-state index contributed by atoms with van der Waals surface area (Å²) in [6.07, 6.45) is 34.3. The van der Waals surface area contributed by atoms with Gasteiger partial charge in [-0.15, -0.1) is 10.2 Å². The Morgan fingerprint density at radius 2 is 0.620 bits per heavy atom. The van der Waals surface area contributed by atoms with Gasteiger partial charge in [-0.3, -0.25) is 0 Å². The molecule has 0 aliphatic rings. The Bertz CT molecular complexity index is 1200. The molecule has 0 amide bonds. The van der Waals surface area contributed by atoms with E-state index >= 15 is 0 Å². The SMILES string of the molecule is CCCCCCCCc1nnc(-c2cccc(-c3nnc(CCCCCCCC)c(CCCCCCCC)n3)n2)nc1CCCCCCCC. The molecule has 0 spiro atoms. The molecule has 0 unspecified atom stereocenters. The smallest absolute Gasteiger partial charge is 0.200 e. The largest absolute Gasteiger partial charge is 0.241 e. The van der Waals surface area contributed by atoms with Gasteiger partial charge >= 0.3 is 0 Å². The summed E-state index contributed by atoms with van der Waals surface area (Å²) in [5.74, 6) is 1.19. The van der Waals surface area contributed by atoms with Crippen molar-refractivity contribution in [1.82, 2.24) is 35.3 Å². The van der Waals surface area contributed by atoms with Crippen LogP contribution in [0.3, 0.4) is 0 Å². The van der Waals surface area contributed by atoms with Crippen LogP contribution in [0.5, 0.6) is 0 Å². The lowest BCUT2D eigenvalue weighted by Gasteiger charge is -2.11. The number of rotatable bonds is 30. The molecule has 278 valence electrons. The third kappa shape index (κ3) is 16.5. The molecule has 50 heavy (non-hydrogen) atoms. The van der Waals surface area contributed by atoms with Crippen LogP contribution in [0.1, 0.15) is 205 Å². The van der Waals surface area contributed by atoms with E-state index in [1.807, 2.05) is 18.2 Å². The maximum absolute atomic E-state index is 5.11. The minimum absolute atomic E-state index is 0.597. The number of pyridine rings is 1. The molecule has 0 aliphatic carbocycles. The van der Waals surface area contributed by atoms with Crippen LogP contribution >= 0.6 is 0 Å². The predicted octanol–water partition coefficient (Wildman–Crippen LogP) is 12.4. The number of hydrogen-bond donors (Lipinski definition) is 0. The van der Waals surface area contributed by atoms with Gasteiger partial charge in [0.05, 0.1) is 22.8 Å². The molecule has 3 heterocycles. The molecule has 7 heteroatoms. The fourth-order valence-electron chi connectivity index (χ4n) is 6.74. The highest BCUT2D eigenvalue weighted by atomic mass is 15.2. The highest BCUT2D eigenvalue weighted by molar-refractivity contribution is 5.57. The summed E-state index contributed by atoms with van der Waals surface area (Å²) in [6.45, 7) is 9.09. The summed E-state index contributed by atoms with van der Waals surface area (Å²) in [6, 6.07) is 5.99. The number of hydrogen-bond acceptors (Lipinski definition) is 7. The first-order valence-electron chi connectivity index (χ1n) is 21.1. The Kier molecular flexibility index (Phi) is 22.4. The normalized spacial score (nSPS) is 11.4. The Labute approximate surface area is 306 Å². The van der Waals surface area contributed by atoms with Gasteiger partial charge in [-0.05, 0) is 63.5 Å². The number of nitrogens with zero attached hydrogens (tertiary/aromatic N) is 7. The maximum Gasteiger partial charge on any atom is 0.200 e. The summed E-state index contributed by atoms with van der Waals surface area (Å²) in [4.78, 5) is 15.2. The van der Waals surface area contributed by atoms with Crippen molar-refractivity contribution in [2.75, 3.05) is 0 Å². The first-order chi connectivity index (χ1) is 24.7. The third-order valence-corrected chi connectivity index (χ3v) is 9.95. The van der Waals surface area contributed by atoms with E-state index in [4.69, 9.17) is 25.1 Å². The van der Waals surface area contributed by atoms with E-state index in [1.54, 1.807) is 0 Å². The number of aryl methyl sites for hydroxylation is 4. The second kappa shape index (κ2) is 26.9. The quantitative estimate of drug-likeness (QED) is 0.0645. The summed E-state index contributed by atoms with van der Waals surface area (Å²) >= 11 is 0. The van der Waals surface area contributed by atoms with E-state index < -0.39 is 0 Å². The minimum atomic E-state index is 0.597. The molecule has 0 aromatic carbocycles. The van der Waals surface area contributed by atoms with Crippen molar-refractivity contribution >= 4 is 0 Å². The summed E-state index contributed by atoms with van der Waals surface area (Å²) in [5, 5.41) is 18.8. The van der Waals surface area contributed by atoms with Crippen molar-refractivity contribution in [1.29, 1.82) is 0 Å². The molecular formula is C43H71N7. The van der Waals surface area contributed by atoms with Gasteiger partial charge in [-0.2, -0.15) is 10.2 Å². The van der Waals surface area contributed by atoms with E-state index in [0.29, 0.717) is 11.6 Å². The van der Waals surface area contributed by atoms with Gasteiger partial charge < -0.3 is 0 Å². The van der Waals surface area contributed by atoms with Gasteiger partial charge in [0.1, 0.15) is 11.4 Å². The average molecular weight is 686 g/mol. The first kappa shape index (κ1) is 41.6. The molecule has 0 bridgehead atoms. The zero-order valence-electron chi connectivity index (χ0n) is 32.7. The van der Waals surface area contributed by atoms with Gasteiger partial charge in [0, 0.05) is 0 Å². The van der Waals surface area contributed by atoms with Crippen LogP contribution in [0, 0.1) is 0 Å². The lowest BCUT2D eigenvalue weighted by Crippen LogP contribution is -2.09. The van der Waals surface area contributed by atoms with E-state index in [2.05, 4.69) is 37.9 Å². The second-order valence-electron chi connectivity index (χ2n) is 14.5. The first-order valence-corrected chi connectivity index (χ1v) is 21.1. The fraction of sp³-hybridized carbons (Fsp3) is 0.744. The topological polar surface area (TPSA) is 90.2 Å². The third-order valence-electron chi connectivity index (χ3n) is 9.95. The fourth-order valence-corrected chi connectivity index (χ4v) is 6.74. The molecule has 0 fully saturated rings. The van der Waals surface area contributed by atoms with E-state index in [-0.39, 0.29) is 0 Å². The van der Waals surface area contributed by atoms with Gasteiger partial charge in [0.15, 0.2) is 0 Å². The van der Waals surface area contributed by atoms with Crippen molar-refractivity contribution in [3.05, 3.63) is 41.0 Å². The van der Waals surface area contributed by atoms with Crippen molar-refractivity contribution < 1.29 is 0 Å². The molecule has 0 saturated carbocycles. The number of aromatic nitrogens is 7. The van der Waals surface area contributed by atoms with Crippen LogP contribution in [-0.2, 0) is 25.7 Å². The molecule has 0 N–H and O–H groups in total. The summed E-state index contributed by atoms with van der Waals surface area (Å²) < 4.78 is 0. The summed E-state index contributed by atoms with van der Waals surface area (Å²) in [5.41, 5.74) is 5.79. The van der Waals surface area contributed by atoms with Crippen LogP contribution in [0.4, 0.5) is 0 Å². The van der Waals surface area contributed by atoms with Crippen LogP contribution in [0.15, 0.2) is 18.2 Å². The maximum atomic E-state index is 5.11. The van der Waals surface area contributed by atoms with Crippen molar-refractivity contribution in [2.24, 2.45) is 0 Å². The molecule has 7 nitrogen and oxygen atoms in total. The predicted molar refractivity (Wildman–Crippen MR) is 210 cm³/mol. The Morgan fingerprint density at radius 1 is 0.320 bits per heavy atom. The minimum Gasteiger partial charge on any atom is -0.241 e. The highest BCUT2D eigenvalue weighted by Gasteiger charge is 2.16. The standard InChI is InChI=1S/C43H71N7/c1-5-9-13-17-21-25-30-36-38(32-27-23-19-15-11-7-3)47-49-42(45-36)40-34-29-35-41(44-40)43-46-37(31-26-22-18-14-10-6-2)39(48-50-43)33-28-24-20-16-12-8-4/h29,34-35H,5-28,30-33H2,1-4H3. The Balaban J connectivity index is 1.76. The zero-order valence-corrected chi connectivity index (χ0v) is 32.7.